The Morgan fingerprint density at radius 1 is 1.23 bits per heavy atom. The lowest BCUT2D eigenvalue weighted by atomic mass is 9.99. The van der Waals surface area contributed by atoms with E-state index in [0.29, 0.717) is 5.56 Å². The van der Waals surface area contributed by atoms with Gasteiger partial charge in [0.15, 0.2) is 10.9 Å². The van der Waals surface area contributed by atoms with Gasteiger partial charge in [-0.15, -0.1) is 11.3 Å². The Balaban J connectivity index is 2.10. The van der Waals surface area contributed by atoms with E-state index in [2.05, 4.69) is 15.3 Å². The van der Waals surface area contributed by atoms with Crippen LogP contribution in [0.25, 0.3) is 22.4 Å². The summed E-state index contributed by atoms with van der Waals surface area (Å²) >= 11 is 1.53. The number of ether oxygens (including phenoxy) is 1. The molecule has 0 aliphatic carbocycles. The van der Waals surface area contributed by atoms with E-state index < -0.39 is 5.82 Å². The summed E-state index contributed by atoms with van der Waals surface area (Å²) in [5.74, 6) is -0.489. The summed E-state index contributed by atoms with van der Waals surface area (Å²) in [5, 5.41) is 5.83. The Morgan fingerprint density at radius 3 is 2.64 bits per heavy atom. The van der Waals surface area contributed by atoms with Crippen LogP contribution in [-0.4, -0.2) is 24.1 Å². The molecule has 0 fully saturated rings. The summed E-state index contributed by atoms with van der Waals surface area (Å²) in [6.45, 7) is 0. The van der Waals surface area contributed by atoms with Crippen molar-refractivity contribution in [2.24, 2.45) is 0 Å². The van der Waals surface area contributed by atoms with Gasteiger partial charge in [0.25, 0.3) is 0 Å². The highest BCUT2D eigenvalue weighted by Gasteiger charge is 2.13. The fourth-order valence-electron chi connectivity index (χ4n) is 2.19. The van der Waals surface area contributed by atoms with Crippen LogP contribution in [0.4, 0.5) is 9.52 Å². The zero-order valence-corrected chi connectivity index (χ0v) is 12.9. The molecule has 6 heteroatoms. The largest absolute Gasteiger partial charge is 0.479 e. The molecule has 2 heterocycles. The van der Waals surface area contributed by atoms with Crippen LogP contribution in [0, 0.1) is 5.82 Å². The first-order chi connectivity index (χ1) is 10.7. The van der Waals surface area contributed by atoms with Crippen molar-refractivity contribution < 1.29 is 9.13 Å². The van der Waals surface area contributed by atoms with Gasteiger partial charge in [-0.25, -0.2) is 14.4 Å². The molecule has 0 radical (unpaired) electrons. The molecule has 0 aliphatic rings. The van der Waals surface area contributed by atoms with E-state index in [4.69, 9.17) is 4.74 Å². The average molecular weight is 315 g/mol. The predicted octanol–water partition coefficient (Wildman–Crippen LogP) is 4.06. The number of benzene rings is 1. The van der Waals surface area contributed by atoms with E-state index in [9.17, 15) is 4.39 Å². The zero-order valence-electron chi connectivity index (χ0n) is 12.1. The SMILES string of the molecule is CNc1nc(-c2ccccc2-c2cnc(OC)c(F)c2)cs1. The third-order valence-electron chi connectivity index (χ3n) is 3.23. The quantitative estimate of drug-likeness (QED) is 0.788. The Labute approximate surface area is 131 Å². The van der Waals surface area contributed by atoms with Gasteiger partial charge < -0.3 is 10.1 Å². The first-order valence-corrected chi connectivity index (χ1v) is 7.53. The number of hydrogen-bond acceptors (Lipinski definition) is 5. The van der Waals surface area contributed by atoms with E-state index in [1.807, 2.05) is 36.7 Å². The lowest BCUT2D eigenvalue weighted by Crippen LogP contribution is -1.94. The number of anilines is 1. The summed E-state index contributed by atoms with van der Waals surface area (Å²) in [6, 6.07) is 9.16. The minimum absolute atomic E-state index is 0.00708. The molecule has 0 saturated carbocycles. The molecule has 3 aromatic rings. The Bertz CT molecular complexity index is 804. The van der Waals surface area contributed by atoms with Crippen LogP contribution < -0.4 is 10.1 Å². The second-order valence-electron chi connectivity index (χ2n) is 4.55. The van der Waals surface area contributed by atoms with E-state index in [1.54, 1.807) is 6.20 Å². The van der Waals surface area contributed by atoms with Crippen LogP contribution in [-0.2, 0) is 0 Å². The van der Waals surface area contributed by atoms with Crippen LogP contribution in [0.1, 0.15) is 0 Å². The molecule has 4 nitrogen and oxygen atoms in total. The summed E-state index contributed by atoms with van der Waals surface area (Å²) in [5.41, 5.74) is 3.35. The summed E-state index contributed by atoms with van der Waals surface area (Å²) < 4.78 is 18.8. The summed E-state index contributed by atoms with van der Waals surface area (Å²) in [7, 11) is 3.23. The van der Waals surface area contributed by atoms with Crippen molar-refractivity contribution in [2.45, 2.75) is 0 Å². The van der Waals surface area contributed by atoms with E-state index in [-0.39, 0.29) is 5.88 Å². The molecule has 0 spiro atoms. The van der Waals surface area contributed by atoms with E-state index >= 15 is 0 Å². The molecule has 22 heavy (non-hydrogen) atoms. The highest BCUT2D eigenvalue weighted by atomic mass is 32.1. The summed E-state index contributed by atoms with van der Waals surface area (Å²) in [4.78, 5) is 8.51. The van der Waals surface area contributed by atoms with Crippen molar-refractivity contribution in [1.29, 1.82) is 0 Å². The normalized spacial score (nSPS) is 10.5. The van der Waals surface area contributed by atoms with Crippen molar-refractivity contribution in [3.63, 3.8) is 0 Å². The number of aromatic nitrogens is 2. The topological polar surface area (TPSA) is 47.0 Å². The van der Waals surface area contributed by atoms with Gasteiger partial charge in [-0.2, -0.15) is 0 Å². The maximum atomic E-state index is 13.9. The number of nitrogens with zero attached hydrogens (tertiary/aromatic N) is 2. The molecule has 0 amide bonds. The van der Waals surface area contributed by atoms with Crippen molar-refractivity contribution in [2.75, 3.05) is 19.5 Å². The first-order valence-electron chi connectivity index (χ1n) is 6.65. The average Bonchev–Trinajstić information content (AvgIpc) is 3.04. The molecule has 0 atom stereocenters. The minimum Gasteiger partial charge on any atom is -0.479 e. The number of rotatable bonds is 4. The molecule has 0 bridgehead atoms. The maximum absolute atomic E-state index is 13.9. The Morgan fingerprint density at radius 2 is 2.00 bits per heavy atom. The predicted molar refractivity (Wildman–Crippen MR) is 86.8 cm³/mol. The van der Waals surface area contributed by atoms with Crippen LogP contribution in [0.3, 0.4) is 0 Å². The van der Waals surface area contributed by atoms with Crippen LogP contribution in [0.2, 0.25) is 0 Å². The van der Waals surface area contributed by atoms with Crippen molar-refractivity contribution >= 4 is 16.5 Å². The maximum Gasteiger partial charge on any atom is 0.250 e. The van der Waals surface area contributed by atoms with Gasteiger partial charge >= 0.3 is 0 Å². The monoisotopic (exact) mass is 315 g/mol. The molecule has 0 aliphatic heterocycles. The smallest absolute Gasteiger partial charge is 0.250 e. The molecule has 112 valence electrons. The molecule has 1 N–H and O–H groups in total. The molecule has 1 aromatic carbocycles. The second-order valence-corrected chi connectivity index (χ2v) is 5.41. The van der Waals surface area contributed by atoms with E-state index in [1.165, 1.54) is 24.5 Å². The van der Waals surface area contributed by atoms with Gasteiger partial charge in [-0.05, 0) is 11.6 Å². The number of methoxy groups -OCH3 is 1. The fraction of sp³-hybridized carbons (Fsp3) is 0.125. The van der Waals surface area contributed by atoms with Gasteiger partial charge in [0.1, 0.15) is 0 Å². The van der Waals surface area contributed by atoms with Gasteiger partial charge in [0, 0.05) is 29.8 Å². The Hall–Kier alpha value is -2.47. The molecule has 0 saturated heterocycles. The van der Waals surface area contributed by atoms with Crippen molar-refractivity contribution in [3.05, 3.63) is 47.7 Å². The standard InChI is InChI=1S/C16H14FN3OS/c1-18-16-20-14(9-22-16)12-6-4-3-5-11(12)10-7-13(17)15(21-2)19-8-10/h3-9H,1-2H3,(H,18,20). The molecule has 2 aromatic heterocycles. The van der Waals surface area contributed by atoms with Gasteiger partial charge in [0.2, 0.25) is 5.88 Å². The molecule has 3 rings (SSSR count). The fourth-order valence-corrected chi connectivity index (χ4v) is 2.87. The number of nitrogens with one attached hydrogen (secondary N) is 1. The number of halogens is 1. The van der Waals surface area contributed by atoms with Crippen molar-refractivity contribution in [3.8, 4) is 28.3 Å². The highest BCUT2D eigenvalue weighted by Crippen LogP contribution is 2.34. The lowest BCUT2D eigenvalue weighted by Gasteiger charge is -2.09. The third kappa shape index (κ3) is 2.65. The van der Waals surface area contributed by atoms with Gasteiger partial charge in [-0.3, -0.25) is 0 Å². The number of thiazole rings is 1. The molecular weight excluding hydrogens is 301 g/mol. The van der Waals surface area contributed by atoms with Gasteiger partial charge in [0.05, 0.1) is 12.8 Å². The number of pyridine rings is 1. The second kappa shape index (κ2) is 6.11. The van der Waals surface area contributed by atoms with Crippen LogP contribution in [0.5, 0.6) is 5.88 Å². The number of hydrogen-bond donors (Lipinski definition) is 1. The van der Waals surface area contributed by atoms with Crippen LogP contribution in [0.15, 0.2) is 41.9 Å². The Kier molecular flexibility index (Phi) is 4.02. The molecule has 0 unspecified atom stereocenters. The van der Waals surface area contributed by atoms with Gasteiger partial charge in [-0.1, -0.05) is 24.3 Å². The molecular formula is C16H14FN3OS. The van der Waals surface area contributed by atoms with Crippen molar-refractivity contribution in [1.82, 2.24) is 9.97 Å². The van der Waals surface area contributed by atoms with Crippen LogP contribution >= 0.6 is 11.3 Å². The minimum atomic E-state index is -0.482. The van der Waals surface area contributed by atoms with E-state index in [0.717, 1.165) is 22.0 Å². The zero-order chi connectivity index (χ0) is 15.5. The first kappa shape index (κ1) is 14.5. The highest BCUT2D eigenvalue weighted by molar-refractivity contribution is 7.14. The third-order valence-corrected chi connectivity index (χ3v) is 4.09. The lowest BCUT2D eigenvalue weighted by molar-refractivity contribution is 0.369. The summed E-state index contributed by atoms with van der Waals surface area (Å²) in [6.07, 6.45) is 1.60.